The van der Waals surface area contributed by atoms with E-state index in [9.17, 15) is 19.7 Å². The van der Waals surface area contributed by atoms with E-state index in [1.54, 1.807) is 18.2 Å². The highest BCUT2D eigenvalue weighted by Gasteiger charge is 2.31. The molecule has 2 amide bonds. The van der Waals surface area contributed by atoms with Gasteiger partial charge in [-0.25, -0.2) is 0 Å². The molecule has 0 aliphatic rings. The van der Waals surface area contributed by atoms with Gasteiger partial charge in [-0.15, -0.1) is 0 Å². The second-order valence-electron chi connectivity index (χ2n) is 8.58. The van der Waals surface area contributed by atoms with Gasteiger partial charge in [0.2, 0.25) is 11.8 Å². The van der Waals surface area contributed by atoms with Gasteiger partial charge in [0.05, 0.1) is 11.3 Å². The van der Waals surface area contributed by atoms with Crippen LogP contribution in [0.5, 0.6) is 0 Å². The summed E-state index contributed by atoms with van der Waals surface area (Å²) >= 11 is 3.46. The minimum atomic E-state index is -0.797. The maximum atomic E-state index is 13.7. The maximum Gasteiger partial charge on any atom is 0.273 e. The molecule has 0 fully saturated rings. The minimum absolute atomic E-state index is 0.112. The van der Waals surface area contributed by atoms with Crippen molar-refractivity contribution < 1.29 is 14.5 Å². The standard InChI is InChI=1S/C27H28BrN3O4/c1-19(2)29-27(33)25(16-20-9-4-3-5-10-20)30(18-21-11-8-13-23(28)15-21)26(32)17-22-12-6-7-14-24(22)31(34)35/h3-15,19,25H,16-18H2,1-2H3,(H,29,33)/t25-/m1/s1. The Hall–Kier alpha value is -3.52. The van der Waals surface area contributed by atoms with Crippen LogP contribution in [0.1, 0.15) is 30.5 Å². The zero-order valence-electron chi connectivity index (χ0n) is 19.7. The molecule has 3 aromatic carbocycles. The lowest BCUT2D eigenvalue weighted by Crippen LogP contribution is -2.52. The number of rotatable bonds is 10. The van der Waals surface area contributed by atoms with Crippen LogP contribution in [-0.2, 0) is 29.0 Å². The van der Waals surface area contributed by atoms with Gasteiger partial charge in [0, 0.05) is 35.1 Å². The Morgan fingerprint density at radius 1 is 0.971 bits per heavy atom. The third kappa shape index (κ3) is 7.48. The summed E-state index contributed by atoms with van der Waals surface area (Å²) in [6, 6.07) is 22.3. The van der Waals surface area contributed by atoms with E-state index in [1.165, 1.54) is 11.0 Å². The summed E-state index contributed by atoms with van der Waals surface area (Å²) in [7, 11) is 0. The van der Waals surface area contributed by atoms with Crippen LogP contribution in [0.15, 0.2) is 83.3 Å². The van der Waals surface area contributed by atoms with E-state index in [1.807, 2.05) is 68.4 Å². The Labute approximate surface area is 213 Å². The lowest BCUT2D eigenvalue weighted by molar-refractivity contribution is -0.385. The normalized spacial score (nSPS) is 11.7. The number of amides is 2. The molecule has 1 N–H and O–H groups in total. The highest BCUT2D eigenvalue weighted by atomic mass is 79.9. The monoisotopic (exact) mass is 537 g/mol. The zero-order valence-corrected chi connectivity index (χ0v) is 21.3. The van der Waals surface area contributed by atoms with Crippen LogP contribution in [-0.4, -0.2) is 33.7 Å². The molecule has 0 unspecified atom stereocenters. The molecular formula is C27H28BrN3O4. The molecule has 0 bridgehead atoms. The Morgan fingerprint density at radius 2 is 1.63 bits per heavy atom. The Morgan fingerprint density at radius 3 is 2.29 bits per heavy atom. The highest BCUT2D eigenvalue weighted by molar-refractivity contribution is 9.10. The number of nitrogens with zero attached hydrogens (tertiary/aromatic N) is 2. The number of para-hydroxylation sites is 1. The number of nitro benzene ring substituents is 1. The third-order valence-corrected chi connectivity index (χ3v) is 5.97. The molecule has 8 heteroatoms. The van der Waals surface area contributed by atoms with E-state index >= 15 is 0 Å². The summed E-state index contributed by atoms with van der Waals surface area (Å²) in [6.45, 7) is 3.92. The molecule has 7 nitrogen and oxygen atoms in total. The van der Waals surface area contributed by atoms with Crippen molar-refractivity contribution in [1.29, 1.82) is 0 Å². The molecule has 1 atom stereocenters. The first-order valence-electron chi connectivity index (χ1n) is 11.3. The summed E-state index contributed by atoms with van der Waals surface area (Å²) < 4.78 is 0.854. The molecule has 182 valence electrons. The van der Waals surface area contributed by atoms with Crippen molar-refractivity contribution in [3.8, 4) is 0 Å². The number of hydrogen-bond acceptors (Lipinski definition) is 4. The van der Waals surface area contributed by atoms with Crippen molar-refractivity contribution in [2.45, 2.75) is 45.3 Å². The van der Waals surface area contributed by atoms with E-state index in [2.05, 4.69) is 21.2 Å². The second kappa shape index (κ2) is 12.3. The fourth-order valence-electron chi connectivity index (χ4n) is 3.87. The van der Waals surface area contributed by atoms with E-state index in [0.717, 1.165) is 15.6 Å². The predicted molar refractivity (Wildman–Crippen MR) is 139 cm³/mol. The minimum Gasteiger partial charge on any atom is -0.352 e. The van der Waals surface area contributed by atoms with Crippen LogP contribution in [0.4, 0.5) is 5.69 Å². The van der Waals surface area contributed by atoms with Crippen LogP contribution in [0, 0.1) is 10.1 Å². The van der Waals surface area contributed by atoms with E-state index in [0.29, 0.717) is 12.0 Å². The van der Waals surface area contributed by atoms with E-state index < -0.39 is 11.0 Å². The summed E-state index contributed by atoms with van der Waals surface area (Å²) in [5.41, 5.74) is 1.94. The van der Waals surface area contributed by atoms with E-state index in [-0.39, 0.29) is 36.5 Å². The summed E-state index contributed by atoms with van der Waals surface area (Å²) in [5.74, 6) is -0.631. The molecule has 0 aromatic heterocycles. The summed E-state index contributed by atoms with van der Waals surface area (Å²) in [4.78, 5) is 39.6. The van der Waals surface area contributed by atoms with Gasteiger partial charge in [0.1, 0.15) is 6.04 Å². The summed E-state index contributed by atoms with van der Waals surface area (Å²) in [5, 5.41) is 14.5. The molecule has 0 aliphatic carbocycles. The second-order valence-corrected chi connectivity index (χ2v) is 9.50. The quantitative estimate of drug-likeness (QED) is 0.288. The Balaban J connectivity index is 2.01. The smallest absolute Gasteiger partial charge is 0.273 e. The van der Waals surface area contributed by atoms with Gasteiger partial charge in [-0.05, 0) is 37.1 Å². The van der Waals surface area contributed by atoms with Crippen molar-refractivity contribution >= 4 is 33.4 Å². The van der Waals surface area contributed by atoms with Crippen LogP contribution in [0.2, 0.25) is 0 Å². The van der Waals surface area contributed by atoms with Gasteiger partial charge in [-0.3, -0.25) is 19.7 Å². The number of benzene rings is 3. The molecular weight excluding hydrogens is 510 g/mol. The first kappa shape index (κ1) is 26.1. The van der Waals surface area contributed by atoms with Crippen LogP contribution in [0.3, 0.4) is 0 Å². The number of carbonyl (C=O) groups excluding carboxylic acids is 2. The highest BCUT2D eigenvalue weighted by Crippen LogP contribution is 2.22. The number of carbonyl (C=O) groups is 2. The molecule has 35 heavy (non-hydrogen) atoms. The van der Waals surface area contributed by atoms with Crippen molar-refractivity contribution in [1.82, 2.24) is 10.2 Å². The van der Waals surface area contributed by atoms with Gasteiger partial charge in [0.25, 0.3) is 5.69 Å². The molecule has 3 rings (SSSR count). The lowest BCUT2D eigenvalue weighted by Gasteiger charge is -2.32. The van der Waals surface area contributed by atoms with Crippen LogP contribution in [0.25, 0.3) is 0 Å². The first-order chi connectivity index (χ1) is 16.7. The van der Waals surface area contributed by atoms with Crippen molar-refractivity contribution in [3.63, 3.8) is 0 Å². The lowest BCUT2D eigenvalue weighted by atomic mass is 10.0. The summed E-state index contributed by atoms with van der Waals surface area (Å²) in [6.07, 6.45) is 0.126. The topological polar surface area (TPSA) is 92.6 Å². The molecule has 0 aliphatic heterocycles. The molecule has 3 aromatic rings. The molecule has 0 heterocycles. The maximum absolute atomic E-state index is 13.7. The fourth-order valence-corrected chi connectivity index (χ4v) is 4.32. The SMILES string of the molecule is CC(C)NC(=O)[C@@H](Cc1ccccc1)N(Cc1cccc(Br)c1)C(=O)Cc1ccccc1[N+](=O)[O-]. The van der Waals surface area contributed by atoms with Crippen LogP contribution >= 0.6 is 15.9 Å². The number of nitrogens with one attached hydrogen (secondary N) is 1. The van der Waals surface area contributed by atoms with Gasteiger partial charge in [0.15, 0.2) is 0 Å². The van der Waals surface area contributed by atoms with E-state index in [4.69, 9.17) is 0 Å². The Bertz CT molecular complexity index is 1180. The van der Waals surface area contributed by atoms with Gasteiger partial charge >= 0.3 is 0 Å². The average molecular weight is 538 g/mol. The number of nitro groups is 1. The number of halogens is 1. The van der Waals surface area contributed by atoms with Crippen molar-refractivity contribution in [2.75, 3.05) is 0 Å². The molecule has 0 saturated carbocycles. The molecule has 0 radical (unpaired) electrons. The average Bonchev–Trinajstić information content (AvgIpc) is 2.81. The van der Waals surface area contributed by atoms with Crippen molar-refractivity contribution in [2.24, 2.45) is 0 Å². The first-order valence-corrected chi connectivity index (χ1v) is 12.1. The van der Waals surface area contributed by atoms with Gasteiger partial charge < -0.3 is 10.2 Å². The third-order valence-electron chi connectivity index (χ3n) is 5.47. The number of hydrogen-bond donors (Lipinski definition) is 1. The van der Waals surface area contributed by atoms with Gasteiger partial charge in [-0.1, -0.05) is 76.6 Å². The molecule has 0 spiro atoms. The van der Waals surface area contributed by atoms with Gasteiger partial charge in [-0.2, -0.15) is 0 Å². The van der Waals surface area contributed by atoms with Crippen molar-refractivity contribution in [3.05, 3.63) is 110 Å². The fraction of sp³-hybridized carbons (Fsp3) is 0.259. The molecule has 0 saturated heterocycles. The largest absolute Gasteiger partial charge is 0.352 e. The Kier molecular flexibility index (Phi) is 9.14. The zero-order chi connectivity index (χ0) is 25.4. The predicted octanol–water partition coefficient (Wildman–Crippen LogP) is 5.06. The van der Waals surface area contributed by atoms with Crippen LogP contribution < -0.4 is 5.32 Å².